The summed E-state index contributed by atoms with van der Waals surface area (Å²) in [7, 11) is 2.21. The molecule has 3 heteroatoms. The molecule has 1 saturated heterocycles. The predicted octanol–water partition coefficient (Wildman–Crippen LogP) is 1.47. The van der Waals surface area contributed by atoms with Crippen LogP contribution in [0.15, 0.2) is 0 Å². The lowest BCUT2D eigenvalue weighted by Gasteiger charge is -2.33. The van der Waals surface area contributed by atoms with E-state index in [-0.39, 0.29) is 5.54 Å². The maximum atomic E-state index is 6.36. The first-order valence-corrected chi connectivity index (χ1v) is 6.63. The Morgan fingerprint density at radius 3 is 2.44 bits per heavy atom. The van der Waals surface area contributed by atoms with E-state index in [1.807, 2.05) is 0 Å². The average Bonchev–Trinajstić information content (AvgIpc) is 3.01. The van der Waals surface area contributed by atoms with Gasteiger partial charge in [-0.3, -0.25) is 0 Å². The van der Waals surface area contributed by atoms with E-state index in [0.717, 1.165) is 31.6 Å². The molecule has 1 heterocycles. The molecular formula is C13H26N2O. The Hall–Kier alpha value is -0.120. The second kappa shape index (κ2) is 5.03. The maximum absolute atomic E-state index is 6.36. The molecular weight excluding hydrogens is 200 g/mol. The Morgan fingerprint density at radius 1 is 1.25 bits per heavy atom. The standard InChI is InChI=1S/C13H26N2O/c1-13(14,12-3-4-12)10-15(2)9-11-5-7-16-8-6-11/h11-12H,3-10,14H2,1-2H3. The van der Waals surface area contributed by atoms with Gasteiger partial charge in [0.15, 0.2) is 0 Å². The van der Waals surface area contributed by atoms with Crippen LogP contribution in [0.3, 0.4) is 0 Å². The molecule has 0 bridgehead atoms. The topological polar surface area (TPSA) is 38.5 Å². The van der Waals surface area contributed by atoms with Crippen LogP contribution in [0.5, 0.6) is 0 Å². The van der Waals surface area contributed by atoms with E-state index >= 15 is 0 Å². The Labute approximate surface area is 99.3 Å². The molecule has 0 aromatic heterocycles. The first-order valence-electron chi connectivity index (χ1n) is 6.63. The van der Waals surface area contributed by atoms with E-state index in [2.05, 4.69) is 18.9 Å². The smallest absolute Gasteiger partial charge is 0.0469 e. The van der Waals surface area contributed by atoms with Gasteiger partial charge in [-0.2, -0.15) is 0 Å². The third-order valence-corrected chi connectivity index (χ3v) is 4.03. The summed E-state index contributed by atoms with van der Waals surface area (Å²) in [5.74, 6) is 1.58. The second-order valence-corrected chi connectivity index (χ2v) is 6.03. The summed E-state index contributed by atoms with van der Waals surface area (Å²) in [6.07, 6.45) is 5.10. The largest absolute Gasteiger partial charge is 0.381 e. The summed E-state index contributed by atoms with van der Waals surface area (Å²) in [5, 5.41) is 0. The predicted molar refractivity (Wildman–Crippen MR) is 66.4 cm³/mol. The summed E-state index contributed by atoms with van der Waals surface area (Å²) < 4.78 is 5.39. The number of ether oxygens (including phenoxy) is 1. The van der Waals surface area contributed by atoms with Crippen molar-refractivity contribution in [1.82, 2.24) is 4.90 Å². The average molecular weight is 226 g/mol. The van der Waals surface area contributed by atoms with Crippen molar-refractivity contribution >= 4 is 0 Å². The van der Waals surface area contributed by atoms with Crippen LogP contribution >= 0.6 is 0 Å². The molecule has 1 saturated carbocycles. The molecule has 2 fully saturated rings. The van der Waals surface area contributed by atoms with Gasteiger partial charge in [0, 0.05) is 31.8 Å². The highest BCUT2D eigenvalue weighted by Crippen LogP contribution is 2.38. The molecule has 1 atom stereocenters. The van der Waals surface area contributed by atoms with Crippen LogP contribution in [-0.4, -0.2) is 43.8 Å². The minimum atomic E-state index is 0.0277. The number of rotatable bonds is 5. The van der Waals surface area contributed by atoms with Gasteiger partial charge >= 0.3 is 0 Å². The number of nitrogens with zero attached hydrogens (tertiary/aromatic N) is 1. The number of nitrogens with two attached hydrogens (primary N) is 1. The van der Waals surface area contributed by atoms with Crippen molar-refractivity contribution in [2.75, 3.05) is 33.4 Å². The highest BCUT2D eigenvalue weighted by Gasteiger charge is 2.39. The Bertz CT molecular complexity index is 220. The molecule has 2 aliphatic rings. The second-order valence-electron chi connectivity index (χ2n) is 6.03. The molecule has 2 N–H and O–H groups in total. The summed E-state index contributed by atoms with van der Waals surface area (Å²) in [5.41, 5.74) is 6.39. The minimum Gasteiger partial charge on any atom is -0.381 e. The first kappa shape index (κ1) is 12.3. The van der Waals surface area contributed by atoms with Gasteiger partial charge in [0.2, 0.25) is 0 Å². The molecule has 16 heavy (non-hydrogen) atoms. The van der Waals surface area contributed by atoms with Crippen molar-refractivity contribution in [2.24, 2.45) is 17.6 Å². The number of hydrogen-bond acceptors (Lipinski definition) is 3. The highest BCUT2D eigenvalue weighted by molar-refractivity contribution is 4.97. The van der Waals surface area contributed by atoms with Gasteiger partial charge in [-0.15, -0.1) is 0 Å². The summed E-state index contributed by atoms with van der Waals surface area (Å²) in [4.78, 5) is 2.42. The quantitative estimate of drug-likeness (QED) is 0.771. The third-order valence-electron chi connectivity index (χ3n) is 4.03. The summed E-state index contributed by atoms with van der Waals surface area (Å²) in [6.45, 7) is 6.32. The SMILES string of the molecule is CN(CC1CCOCC1)CC(C)(N)C1CC1. The Balaban J connectivity index is 1.72. The lowest BCUT2D eigenvalue weighted by molar-refractivity contribution is 0.0530. The fraction of sp³-hybridized carbons (Fsp3) is 1.00. The minimum absolute atomic E-state index is 0.0277. The van der Waals surface area contributed by atoms with Gasteiger partial charge in [0.1, 0.15) is 0 Å². The highest BCUT2D eigenvalue weighted by atomic mass is 16.5. The molecule has 1 aliphatic carbocycles. The molecule has 94 valence electrons. The normalized spacial score (nSPS) is 27.0. The Kier molecular flexibility index (Phi) is 3.88. The van der Waals surface area contributed by atoms with Crippen LogP contribution < -0.4 is 5.73 Å². The third kappa shape index (κ3) is 3.44. The fourth-order valence-corrected chi connectivity index (χ4v) is 2.89. The molecule has 0 spiro atoms. The van der Waals surface area contributed by atoms with Crippen LogP contribution in [0.1, 0.15) is 32.6 Å². The lowest BCUT2D eigenvalue weighted by atomic mass is 9.95. The molecule has 0 aromatic rings. The monoisotopic (exact) mass is 226 g/mol. The van der Waals surface area contributed by atoms with Gasteiger partial charge in [-0.25, -0.2) is 0 Å². The number of hydrogen-bond donors (Lipinski definition) is 1. The zero-order chi connectivity index (χ0) is 11.6. The zero-order valence-electron chi connectivity index (χ0n) is 10.7. The van der Waals surface area contributed by atoms with E-state index in [9.17, 15) is 0 Å². The summed E-state index contributed by atoms with van der Waals surface area (Å²) >= 11 is 0. The van der Waals surface area contributed by atoms with Gasteiger partial charge in [-0.1, -0.05) is 0 Å². The molecule has 3 nitrogen and oxygen atoms in total. The van der Waals surface area contributed by atoms with E-state index < -0.39 is 0 Å². The van der Waals surface area contributed by atoms with Gasteiger partial charge in [0.25, 0.3) is 0 Å². The van der Waals surface area contributed by atoms with Crippen molar-refractivity contribution < 1.29 is 4.74 Å². The molecule has 0 aromatic carbocycles. The molecule has 2 rings (SSSR count). The fourth-order valence-electron chi connectivity index (χ4n) is 2.89. The van der Waals surface area contributed by atoms with Crippen molar-refractivity contribution in [3.8, 4) is 0 Å². The maximum Gasteiger partial charge on any atom is 0.0469 e. The van der Waals surface area contributed by atoms with Crippen molar-refractivity contribution in [3.63, 3.8) is 0 Å². The van der Waals surface area contributed by atoms with E-state index in [1.165, 1.54) is 32.2 Å². The first-order chi connectivity index (χ1) is 7.58. The zero-order valence-corrected chi connectivity index (χ0v) is 10.7. The lowest BCUT2D eigenvalue weighted by Crippen LogP contribution is -2.49. The molecule has 0 amide bonds. The molecule has 1 unspecified atom stereocenters. The number of likely N-dealkylation sites (N-methyl/N-ethyl adjacent to an activating group) is 1. The molecule has 1 aliphatic heterocycles. The van der Waals surface area contributed by atoms with Crippen molar-refractivity contribution in [3.05, 3.63) is 0 Å². The van der Waals surface area contributed by atoms with Gasteiger partial charge < -0.3 is 15.4 Å². The summed E-state index contributed by atoms with van der Waals surface area (Å²) in [6, 6.07) is 0. The van der Waals surface area contributed by atoms with Crippen LogP contribution in [0.25, 0.3) is 0 Å². The van der Waals surface area contributed by atoms with E-state index in [1.54, 1.807) is 0 Å². The van der Waals surface area contributed by atoms with Crippen LogP contribution in [0.4, 0.5) is 0 Å². The van der Waals surface area contributed by atoms with E-state index in [4.69, 9.17) is 10.5 Å². The van der Waals surface area contributed by atoms with Crippen molar-refractivity contribution in [2.45, 2.75) is 38.1 Å². The molecule has 0 radical (unpaired) electrons. The van der Waals surface area contributed by atoms with Crippen LogP contribution in [-0.2, 0) is 4.74 Å². The van der Waals surface area contributed by atoms with E-state index in [0.29, 0.717) is 0 Å². The van der Waals surface area contributed by atoms with Crippen LogP contribution in [0.2, 0.25) is 0 Å². The Morgan fingerprint density at radius 2 is 1.88 bits per heavy atom. The van der Waals surface area contributed by atoms with Crippen LogP contribution in [0, 0.1) is 11.8 Å². The van der Waals surface area contributed by atoms with Gasteiger partial charge in [-0.05, 0) is 51.5 Å². The van der Waals surface area contributed by atoms with Gasteiger partial charge in [0.05, 0.1) is 0 Å². The van der Waals surface area contributed by atoms with Crippen molar-refractivity contribution in [1.29, 1.82) is 0 Å².